The highest BCUT2D eigenvalue weighted by Gasteiger charge is 2.49. The van der Waals surface area contributed by atoms with Crippen molar-refractivity contribution in [1.29, 1.82) is 0 Å². The minimum absolute atomic E-state index is 0.308. The van der Waals surface area contributed by atoms with Crippen LogP contribution in [-0.4, -0.2) is 17.8 Å². The van der Waals surface area contributed by atoms with Gasteiger partial charge in [0.2, 0.25) is 0 Å². The molecule has 0 aromatic heterocycles. The largest absolute Gasteiger partial charge is 0.396 e. The van der Waals surface area contributed by atoms with Crippen molar-refractivity contribution in [2.75, 3.05) is 6.61 Å². The minimum Gasteiger partial charge on any atom is -0.396 e. The van der Waals surface area contributed by atoms with E-state index in [-0.39, 0.29) is 0 Å². The van der Waals surface area contributed by atoms with Gasteiger partial charge in [0.15, 0.2) is 0 Å². The SMILES string of the molecule is N[C@@H]1[C@@H](CO)[C@H]2CCC[C@@H]12. The quantitative estimate of drug-likeness (QED) is 0.553. The average molecular weight is 141 g/mol. The topological polar surface area (TPSA) is 46.2 Å². The molecule has 0 bridgehead atoms. The van der Waals surface area contributed by atoms with E-state index in [4.69, 9.17) is 10.8 Å². The summed E-state index contributed by atoms with van der Waals surface area (Å²) in [6.45, 7) is 0.308. The number of hydrogen-bond acceptors (Lipinski definition) is 2. The van der Waals surface area contributed by atoms with E-state index in [9.17, 15) is 0 Å². The molecule has 2 rings (SSSR count). The van der Waals surface area contributed by atoms with Crippen LogP contribution in [-0.2, 0) is 0 Å². The molecule has 0 aromatic carbocycles. The van der Waals surface area contributed by atoms with E-state index in [0.717, 1.165) is 11.8 Å². The van der Waals surface area contributed by atoms with Crippen molar-refractivity contribution >= 4 is 0 Å². The summed E-state index contributed by atoms with van der Waals surface area (Å²) in [7, 11) is 0. The van der Waals surface area contributed by atoms with Gasteiger partial charge in [0, 0.05) is 18.6 Å². The lowest BCUT2D eigenvalue weighted by Gasteiger charge is -2.46. The highest BCUT2D eigenvalue weighted by molar-refractivity contribution is 5.02. The molecular weight excluding hydrogens is 126 g/mol. The van der Waals surface area contributed by atoms with Crippen molar-refractivity contribution in [2.24, 2.45) is 23.5 Å². The van der Waals surface area contributed by atoms with Gasteiger partial charge in [-0.1, -0.05) is 6.42 Å². The second-order valence-corrected chi connectivity index (χ2v) is 3.68. The van der Waals surface area contributed by atoms with Gasteiger partial charge in [0.05, 0.1) is 0 Å². The summed E-state index contributed by atoms with van der Waals surface area (Å²) in [5.41, 5.74) is 5.86. The molecule has 3 N–H and O–H groups in total. The third-order valence-electron chi connectivity index (χ3n) is 3.37. The zero-order chi connectivity index (χ0) is 7.14. The molecule has 2 aliphatic rings. The molecule has 0 aromatic rings. The zero-order valence-electron chi connectivity index (χ0n) is 6.16. The molecule has 2 saturated carbocycles. The number of rotatable bonds is 1. The standard InChI is InChI=1S/C8H15NO/c9-8-6-3-1-2-5(6)7(8)4-10/h5-8,10H,1-4,9H2/t5-,6+,7-,8-/m0/s1. The Balaban J connectivity index is 2.01. The number of hydrogen-bond donors (Lipinski definition) is 2. The normalized spacial score (nSPS) is 52.2. The van der Waals surface area contributed by atoms with Gasteiger partial charge >= 0.3 is 0 Å². The molecule has 0 saturated heterocycles. The summed E-state index contributed by atoms with van der Waals surface area (Å²) in [5, 5.41) is 8.92. The molecule has 2 fully saturated rings. The van der Waals surface area contributed by atoms with Gasteiger partial charge in [0.1, 0.15) is 0 Å². The minimum atomic E-state index is 0.308. The predicted molar refractivity (Wildman–Crippen MR) is 39.4 cm³/mol. The fourth-order valence-electron chi connectivity index (χ4n) is 2.74. The fraction of sp³-hybridized carbons (Fsp3) is 1.00. The molecule has 2 aliphatic carbocycles. The average Bonchev–Trinajstić information content (AvgIpc) is 2.33. The Hall–Kier alpha value is -0.0800. The Morgan fingerprint density at radius 3 is 2.70 bits per heavy atom. The van der Waals surface area contributed by atoms with Crippen molar-refractivity contribution in [3.05, 3.63) is 0 Å². The van der Waals surface area contributed by atoms with Gasteiger partial charge < -0.3 is 10.8 Å². The van der Waals surface area contributed by atoms with Crippen LogP contribution in [0.4, 0.5) is 0 Å². The first kappa shape index (κ1) is 6.62. The van der Waals surface area contributed by atoms with E-state index >= 15 is 0 Å². The van der Waals surface area contributed by atoms with E-state index in [1.54, 1.807) is 0 Å². The number of aliphatic hydroxyl groups is 1. The van der Waals surface area contributed by atoms with E-state index < -0.39 is 0 Å². The Kier molecular flexibility index (Phi) is 1.46. The summed E-state index contributed by atoms with van der Waals surface area (Å²) in [4.78, 5) is 0. The molecule has 2 nitrogen and oxygen atoms in total. The molecule has 0 unspecified atom stereocenters. The van der Waals surface area contributed by atoms with Crippen LogP contribution in [0.3, 0.4) is 0 Å². The molecule has 0 amide bonds. The van der Waals surface area contributed by atoms with Gasteiger partial charge in [0.25, 0.3) is 0 Å². The lowest BCUT2D eigenvalue weighted by Crippen LogP contribution is -2.55. The van der Waals surface area contributed by atoms with E-state index in [0.29, 0.717) is 18.6 Å². The molecule has 0 heterocycles. The highest BCUT2D eigenvalue weighted by atomic mass is 16.3. The molecule has 0 spiro atoms. The van der Waals surface area contributed by atoms with Crippen LogP contribution in [0.15, 0.2) is 0 Å². The van der Waals surface area contributed by atoms with Gasteiger partial charge in [-0.15, -0.1) is 0 Å². The van der Waals surface area contributed by atoms with Crippen molar-refractivity contribution < 1.29 is 5.11 Å². The second-order valence-electron chi connectivity index (χ2n) is 3.68. The molecular formula is C8H15NO. The summed E-state index contributed by atoms with van der Waals surface area (Å²) < 4.78 is 0. The molecule has 0 aliphatic heterocycles. The third kappa shape index (κ3) is 0.663. The second kappa shape index (κ2) is 2.21. The molecule has 10 heavy (non-hydrogen) atoms. The molecule has 2 heteroatoms. The van der Waals surface area contributed by atoms with Crippen LogP contribution in [0, 0.1) is 17.8 Å². The summed E-state index contributed by atoms with van der Waals surface area (Å²) in [5.74, 6) is 1.98. The number of nitrogens with two attached hydrogens (primary N) is 1. The zero-order valence-corrected chi connectivity index (χ0v) is 6.16. The van der Waals surface area contributed by atoms with Gasteiger partial charge in [-0.2, -0.15) is 0 Å². The van der Waals surface area contributed by atoms with Crippen LogP contribution in [0.1, 0.15) is 19.3 Å². The summed E-state index contributed by atoms with van der Waals surface area (Å²) in [6.07, 6.45) is 3.95. The molecule has 58 valence electrons. The van der Waals surface area contributed by atoms with Crippen LogP contribution in [0.25, 0.3) is 0 Å². The van der Waals surface area contributed by atoms with Crippen molar-refractivity contribution in [3.63, 3.8) is 0 Å². The lowest BCUT2D eigenvalue weighted by atomic mass is 9.63. The Morgan fingerprint density at radius 1 is 1.30 bits per heavy atom. The summed E-state index contributed by atoms with van der Waals surface area (Å²) in [6, 6.07) is 0.317. The van der Waals surface area contributed by atoms with Crippen LogP contribution in [0.5, 0.6) is 0 Å². The maximum atomic E-state index is 8.92. The first-order valence-electron chi connectivity index (χ1n) is 4.21. The smallest absolute Gasteiger partial charge is 0.0476 e. The van der Waals surface area contributed by atoms with Crippen LogP contribution >= 0.6 is 0 Å². The maximum Gasteiger partial charge on any atom is 0.0476 e. The first-order valence-corrected chi connectivity index (χ1v) is 4.21. The Bertz CT molecular complexity index is 137. The van der Waals surface area contributed by atoms with Gasteiger partial charge in [-0.05, 0) is 24.7 Å². The first-order chi connectivity index (χ1) is 4.84. The van der Waals surface area contributed by atoms with Crippen molar-refractivity contribution in [2.45, 2.75) is 25.3 Å². The van der Waals surface area contributed by atoms with E-state index in [1.807, 2.05) is 0 Å². The van der Waals surface area contributed by atoms with Crippen LogP contribution in [0.2, 0.25) is 0 Å². The van der Waals surface area contributed by atoms with Gasteiger partial charge in [-0.3, -0.25) is 0 Å². The van der Waals surface area contributed by atoms with Crippen LogP contribution < -0.4 is 5.73 Å². The van der Waals surface area contributed by atoms with Gasteiger partial charge in [-0.25, -0.2) is 0 Å². The van der Waals surface area contributed by atoms with Crippen molar-refractivity contribution in [1.82, 2.24) is 0 Å². The monoisotopic (exact) mass is 141 g/mol. The predicted octanol–water partition coefficient (Wildman–Crippen LogP) is 0.352. The molecule has 0 radical (unpaired) electrons. The van der Waals surface area contributed by atoms with Crippen molar-refractivity contribution in [3.8, 4) is 0 Å². The Labute approximate surface area is 61.4 Å². The fourth-order valence-corrected chi connectivity index (χ4v) is 2.74. The maximum absolute atomic E-state index is 8.92. The van der Waals surface area contributed by atoms with E-state index in [1.165, 1.54) is 19.3 Å². The Morgan fingerprint density at radius 2 is 2.00 bits per heavy atom. The lowest BCUT2D eigenvalue weighted by molar-refractivity contribution is 0.0170. The number of fused-ring (bicyclic) bond motifs is 1. The third-order valence-corrected chi connectivity index (χ3v) is 3.37. The number of aliphatic hydroxyl groups excluding tert-OH is 1. The van der Waals surface area contributed by atoms with E-state index in [2.05, 4.69) is 0 Å². The summed E-state index contributed by atoms with van der Waals surface area (Å²) >= 11 is 0. The molecule has 4 atom stereocenters. The highest BCUT2D eigenvalue weighted by Crippen LogP contribution is 2.49.